The number of methoxy groups -OCH3 is 1. The molecule has 1 N–H and O–H groups in total. The van der Waals surface area contributed by atoms with Crippen molar-refractivity contribution in [1.82, 2.24) is 15.1 Å². The van der Waals surface area contributed by atoms with E-state index in [4.69, 9.17) is 9.15 Å². The predicted molar refractivity (Wildman–Crippen MR) is 105 cm³/mol. The van der Waals surface area contributed by atoms with E-state index in [1.165, 1.54) is 35.2 Å². The van der Waals surface area contributed by atoms with Gasteiger partial charge < -0.3 is 9.15 Å². The average Bonchev–Trinajstić information content (AvgIpc) is 3.32. The molecule has 1 unspecified atom stereocenters. The van der Waals surface area contributed by atoms with Gasteiger partial charge in [-0.15, -0.1) is 0 Å². The third kappa shape index (κ3) is 4.15. The summed E-state index contributed by atoms with van der Waals surface area (Å²) in [6, 6.07) is 12.7. The number of piperidine rings is 1. The zero-order valence-corrected chi connectivity index (χ0v) is 16.1. The lowest BCUT2D eigenvalue weighted by molar-refractivity contribution is 0.153. The second-order valence-corrected chi connectivity index (χ2v) is 7.44. The van der Waals surface area contributed by atoms with Crippen molar-refractivity contribution in [2.75, 3.05) is 20.2 Å². The first-order chi connectivity index (χ1) is 13.2. The van der Waals surface area contributed by atoms with Crippen molar-refractivity contribution < 1.29 is 9.15 Å². The number of hydrogen-bond acceptors (Lipinski definition) is 4. The number of aromatic amines is 1. The van der Waals surface area contributed by atoms with Crippen molar-refractivity contribution in [3.63, 3.8) is 0 Å². The summed E-state index contributed by atoms with van der Waals surface area (Å²) >= 11 is 0. The number of ether oxygens (including phenoxy) is 1. The molecule has 27 heavy (non-hydrogen) atoms. The molecular formula is C22H27N3O2. The Labute approximate surface area is 160 Å². The molecule has 142 valence electrons. The fourth-order valence-corrected chi connectivity index (χ4v) is 4.03. The highest BCUT2D eigenvalue weighted by atomic mass is 16.5. The molecule has 5 nitrogen and oxygen atoms in total. The average molecular weight is 365 g/mol. The van der Waals surface area contributed by atoms with Gasteiger partial charge in [-0.1, -0.05) is 29.8 Å². The maximum atomic E-state index is 5.87. The lowest BCUT2D eigenvalue weighted by atomic mass is 9.90. The van der Waals surface area contributed by atoms with E-state index in [9.17, 15) is 0 Å². The molecule has 5 heteroatoms. The number of benzene rings is 1. The van der Waals surface area contributed by atoms with Gasteiger partial charge in [-0.25, -0.2) is 0 Å². The Bertz CT molecular complexity index is 883. The van der Waals surface area contributed by atoms with E-state index in [2.05, 4.69) is 52.4 Å². The number of aryl methyl sites for hydroxylation is 1. The normalized spacial score (nSPS) is 18.1. The van der Waals surface area contributed by atoms with Gasteiger partial charge in [-0.05, 0) is 44.0 Å². The van der Waals surface area contributed by atoms with Crippen LogP contribution in [0.3, 0.4) is 0 Å². The highest BCUT2D eigenvalue weighted by molar-refractivity contribution is 5.66. The molecule has 0 aliphatic carbocycles. The number of nitrogens with one attached hydrogen (secondary N) is 1. The van der Waals surface area contributed by atoms with Gasteiger partial charge in [0.1, 0.15) is 18.1 Å². The summed E-state index contributed by atoms with van der Waals surface area (Å²) in [4.78, 5) is 2.48. The summed E-state index contributed by atoms with van der Waals surface area (Å²) in [6.45, 7) is 5.61. The first kappa shape index (κ1) is 18.0. The Morgan fingerprint density at radius 1 is 1.26 bits per heavy atom. The molecule has 1 aliphatic rings. The number of furan rings is 1. The maximum absolute atomic E-state index is 5.87. The van der Waals surface area contributed by atoms with E-state index in [0.717, 1.165) is 31.2 Å². The zero-order valence-electron chi connectivity index (χ0n) is 16.1. The minimum absolute atomic E-state index is 0.463. The summed E-state index contributed by atoms with van der Waals surface area (Å²) in [5.41, 5.74) is 5.00. The van der Waals surface area contributed by atoms with Crippen molar-refractivity contribution in [3.8, 4) is 11.1 Å². The topological polar surface area (TPSA) is 54.3 Å². The van der Waals surface area contributed by atoms with Crippen LogP contribution in [-0.2, 0) is 17.9 Å². The smallest absolute Gasteiger partial charge is 0.129 e. The molecule has 4 rings (SSSR count). The maximum Gasteiger partial charge on any atom is 0.129 e. The number of aromatic nitrogens is 2. The Balaban J connectivity index is 1.48. The number of H-pyrrole nitrogens is 1. The van der Waals surface area contributed by atoms with Crippen LogP contribution in [0.15, 0.2) is 47.0 Å². The standard InChI is InChI=1S/C22H27N3O2/c1-16-5-3-6-17(11-16)21-12-23-24-22(21)18-7-4-10-25(13-18)14-19-8-9-20(27-19)15-26-2/h3,5-6,8-9,11-12,18H,4,7,10,13-15H2,1-2H3,(H,23,24). The number of hydrogen-bond donors (Lipinski definition) is 1. The lowest BCUT2D eigenvalue weighted by Gasteiger charge is -2.32. The first-order valence-electron chi connectivity index (χ1n) is 9.62. The summed E-state index contributed by atoms with van der Waals surface area (Å²) in [5.74, 6) is 2.35. The van der Waals surface area contributed by atoms with Crippen molar-refractivity contribution in [2.45, 2.75) is 38.8 Å². The van der Waals surface area contributed by atoms with Gasteiger partial charge in [0.05, 0.1) is 12.7 Å². The Morgan fingerprint density at radius 2 is 2.15 bits per heavy atom. The third-order valence-electron chi connectivity index (χ3n) is 5.30. The van der Waals surface area contributed by atoms with Crippen LogP contribution in [0, 0.1) is 6.92 Å². The molecule has 1 aromatic carbocycles. The largest absolute Gasteiger partial charge is 0.462 e. The summed E-state index contributed by atoms with van der Waals surface area (Å²) in [6.07, 6.45) is 4.33. The first-order valence-corrected chi connectivity index (χ1v) is 9.62. The van der Waals surface area contributed by atoms with Gasteiger partial charge in [-0.3, -0.25) is 10.00 Å². The van der Waals surface area contributed by atoms with Crippen LogP contribution < -0.4 is 0 Å². The van der Waals surface area contributed by atoms with E-state index in [1.54, 1.807) is 7.11 Å². The van der Waals surface area contributed by atoms with Crippen LogP contribution in [0.4, 0.5) is 0 Å². The van der Waals surface area contributed by atoms with Crippen LogP contribution in [-0.4, -0.2) is 35.3 Å². The third-order valence-corrected chi connectivity index (χ3v) is 5.30. The molecular weight excluding hydrogens is 338 g/mol. The zero-order chi connectivity index (χ0) is 18.6. The van der Waals surface area contributed by atoms with Gasteiger partial charge in [0.25, 0.3) is 0 Å². The molecule has 0 radical (unpaired) electrons. The van der Waals surface area contributed by atoms with Gasteiger partial charge in [-0.2, -0.15) is 5.10 Å². The number of rotatable bonds is 6. The summed E-state index contributed by atoms with van der Waals surface area (Å²) in [5, 5.41) is 7.64. The highest BCUT2D eigenvalue weighted by Gasteiger charge is 2.25. The summed E-state index contributed by atoms with van der Waals surface area (Å²) < 4.78 is 11.0. The lowest BCUT2D eigenvalue weighted by Crippen LogP contribution is -2.34. The van der Waals surface area contributed by atoms with E-state index < -0.39 is 0 Å². The molecule has 3 aromatic rings. The highest BCUT2D eigenvalue weighted by Crippen LogP contribution is 2.33. The van der Waals surface area contributed by atoms with Crippen molar-refractivity contribution >= 4 is 0 Å². The SMILES string of the molecule is COCc1ccc(CN2CCCC(c3[nH]ncc3-c3cccc(C)c3)C2)o1. The van der Waals surface area contributed by atoms with Crippen molar-refractivity contribution in [3.05, 3.63) is 65.4 Å². The Hall–Kier alpha value is -2.37. The Morgan fingerprint density at radius 3 is 3.00 bits per heavy atom. The number of nitrogens with zero attached hydrogens (tertiary/aromatic N) is 2. The molecule has 0 spiro atoms. The fraction of sp³-hybridized carbons (Fsp3) is 0.409. The van der Waals surface area contributed by atoms with Gasteiger partial charge >= 0.3 is 0 Å². The van der Waals surface area contributed by atoms with Crippen molar-refractivity contribution in [2.24, 2.45) is 0 Å². The van der Waals surface area contributed by atoms with E-state index in [-0.39, 0.29) is 0 Å². The Kier molecular flexibility index (Phi) is 5.41. The minimum Gasteiger partial charge on any atom is -0.462 e. The van der Waals surface area contributed by atoms with Crippen LogP contribution in [0.2, 0.25) is 0 Å². The van der Waals surface area contributed by atoms with E-state index >= 15 is 0 Å². The molecule has 0 amide bonds. The van der Waals surface area contributed by atoms with Crippen LogP contribution in [0.1, 0.15) is 41.5 Å². The van der Waals surface area contributed by atoms with E-state index in [0.29, 0.717) is 12.5 Å². The van der Waals surface area contributed by atoms with Crippen LogP contribution >= 0.6 is 0 Å². The van der Waals surface area contributed by atoms with Crippen LogP contribution in [0.5, 0.6) is 0 Å². The van der Waals surface area contributed by atoms with Gasteiger partial charge in [0.15, 0.2) is 0 Å². The molecule has 1 fully saturated rings. The molecule has 0 saturated carbocycles. The molecule has 1 atom stereocenters. The molecule has 2 aromatic heterocycles. The second kappa shape index (κ2) is 8.11. The molecule has 1 aliphatic heterocycles. The van der Waals surface area contributed by atoms with Gasteiger partial charge in [0, 0.05) is 30.8 Å². The predicted octanol–water partition coefficient (Wildman–Crippen LogP) is 4.50. The second-order valence-electron chi connectivity index (χ2n) is 7.44. The van der Waals surface area contributed by atoms with Crippen LogP contribution in [0.25, 0.3) is 11.1 Å². The molecule has 1 saturated heterocycles. The molecule has 0 bridgehead atoms. The summed E-state index contributed by atoms with van der Waals surface area (Å²) in [7, 11) is 1.69. The monoisotopic (exact) mass is 365 g/mol. The number of likely N-dealkylation sites (tertiary alicyclic amines) is 1. The minimum atomic E-state index is 0.463. The van der Waals surface area contributed by atoms with E-state index in [1.807, 2.05) is 12.3 Å². The quantitative estimate of drug-likeness (QED) is 0.698. The van der Waals surface area contributed by atoms with Gasteiger partial charge in [0.2, 0.25) is 0 Å². The fourth-order valence-electron chi connectivity index (χ4n) is 4.03. The molecule has 3 heterocycles. The van der Waals surface area contributed by atoms with Crippen molar-refractivity contribution in [1.29, 1.82) is 0 Å².